The van der Waals surface area contributed by atoms with Gasteiger partial charge in [-0.15, -0.1) is 0 Å². The molecule has 5 nitrogen and oxygen atoms in total. The highest BCUT2D eigenvalue weighted by atomic mass is 16.5. The second-order valence-corrected chi connectivity index (χ2v) is 3.86. The Labute approximate surface area is 95.8 Å². The monoisotopic (exact) mass is 222 g/mol. The van der Waals surface area contributed by atoms with Gasteiger partial charge in [-0.2, -0.15) is 0 Å². The van der Waals surface area contributed by atoms with Crippen molar-refractivity contribution in [3.8, 4) is 0 Å². The van der Waals surface area contributed by atoms with Crippen molar-refractivity contribution < 1.29 is 4.74 Å². The van der Waals surface area contributed by atoms with Gasteiger partial charge in [0, 0.05) is 24.8 Å². The normalized spacial score (nSPS) is 17.3. The first kappa shape index (κ1) is 11.3. The second-order valence-electron chi connectivity index (χ2n) is 3.86. The zero-order valence-electron chi connectivity index (χ0n) is 9.65. The Morgan fingerprint density at radius 2 is 2.19 bits per heavy atom. The Morgan fingerprint density at radius 1 is 1.38 bits per heavy atom. The van der Waals surface area contributed by atoms with Crippen LogP contribution in [0.5, 0.6) is 0 Å². The van der Waals surface area contributed by atoms with Gasteiger partial charge >= 0.3 is 0 Å². The Balaban J connectivity index is 1.94. The molecular formula is C11H18N4O. The summed E-state index contributed by atoms with van der Waals surface area (Å²) in [5.74, 6) is 0.875. The average molecular weight is 222 g/mol. The first-order valence-corrected chi connectivity index (χ1v) is 5.79. The van der Waals surface area contributed by atoms with Gasteiger partial charge in [-0.1, -0.05) is 13.3 Å². The lowest BCUT2D eigenvalue weighted by atomic mass is 10.2. The molecule has 1 aromatic heterocycles. The number of hydrogen-bond donors (Lipinski definition) is 1. The Bertz CT molecular complexity index is 326. The van der Waals surface area contributed by atoms with E-state index < -0.39 is 0 Å². The zero-order valence-corrected chi connectivity index (χ0v) is 9.65. The largest absolute Gasteiger partial charge is 0.379 e. The molecule has 16 heavy (non-hydrogen) atoms. The van der Waals surface area contributed by atoms with Crippen LogP contribution < -0.4 is 5.43 Å². The van der Waals surface area contributed by atoms with E-state index in [4.69, 9.17) is 4.74 Å². The molecule has 2 rings (SSSR count). The van der Waals surface area contributed by atoms with E-state index in [1.54, 1.807) is 6.33 Å². The number of aromatic nitrogens is 2. The summed E-state index contributed by atoms with van der Waals surface area (Å²) in [6.45, 7) is 5.50. The molecule has 0 aliphatic carbocycles. The van der Waals surface area contributed by atoms with Crippen molar-refractivity contribution in [3.63, 3.8) is 0 Å². The SMILES string of the molecule is CCCc1cc(NN2CCOCC2)ncn1. The number of nitrogens with one attached hydrogen (secondary N) is 1. The lowest BCUT2D eigenvalue weighted by molar-refractivity contribution is 0.0495. The minimum Gasteiger partial charge on any atom is -0.379 e. The van der Waals surface area contributed by atoms with Gasteiger partial charge in [0.05, 0.1) is 13.2 Å². The maximum atomic E-state index is 5.29. The third kappa shape index (κ3) is 3.15. The Morgan fingerprint density at radius 3 is 2.94 bits per heavy atom. The van der Waals surface area contributed by atoms with Gasteiger partial charge in [0.15, 0.2) is 0 Å². The molecule has 0 saturated carbocycles. The highest BCUT2D eigenvalue weighted by molar-refractivity contribution is 5.33. The summed E-state index contributed by atoms with van der Waals surface area (Å²) in [5.41, 5.74) is 4.37. The van der Waals surface area contributed by atoms with Crippen molar-refractivity contribution in [1.29, 1.82) is 0 Å². The van der Waals surface area contributed by atoms with Gasteiger partial charge in [-0.05, 0) is 6.42 Å². The molecule has 5 heteroatoms. The maximum Gasteiger partial charge on any atom is 0.143 e. The van der Waals surface area contributed by atoms with Crippen molar-refractivity contribution in [3.05, 3.63) is 18.1 Å². The molecule has 0 amide bonds. The molecule has 0 bridgehead atoms. The highest BCUT2D eigenvalue weighted by Crippen LogP contribution is 2.08. The van der Waals surface area contributed by atoms with Crippen LogP contribution in [-0.4, -0.2) is 41.3 Å². The van der Waals surface area contributed by atoms with Crippen LogP contribution in [0.1, 0.15) is 19.0 Å². The van der Waals surface area contributed by atoms with E-state index in [1.807, 2.05) is 6.07 Å². The molecule has 88 valence electrons. The van der Waals surface area contributed by atoms with Crippen LogP contribution in [0.15, 0.2) is 12.4 Å². The quantitative estimate of drug-likeness (QED) is 0.826. The van der Waals surface area contributed by atoms with E-state index in [2.05, 4.69) is 27.3 Å². The third-order valence-electron chi connectivity index (χ3n) is 2.51. The van der Waals surface area contributed by atoms with E-state index in [0.717, 1.165) is 50.7 Å². The van der Waals surface area contributed by atoms with E-state index in [-0.39, 0.29) is 0 Å². The van der Waals surface area contributed by atoms with E-state index in [1.165, 1.54) is 0 Å². The number of nitrogens with zero attached hydrogens (tertiary/aromatic N) is 3. The minimum atomic E-state index is 0.778. The second kappa shape index (κ2) is 5.77. The number of morpholine rings is 1. The predicted molar refractivity (Wildman–Crippen MR) is 62.0 cm³/mol. The first-order chi connectivity index (χ1) is 7.88. The third-order valence-corrected chi connectivity index (χ3v) is 2.51. The first-order valence-electron chi connectivity index (χ1n) is 5.79. The number of aryl methyl sites for hydroxylation is 1. The van der Waals surface area contributed by atoms with Crippen molar-refractivity contribution in [2.24, 2.45) is 0 Å². The van der Waals surface area contributed by atoms with Crippen LogP contribution in [0.25, 0.3) is 0 Å². The number of ether oxygens (including phenoxy) is 1. The molecular weight excluding hydrogens is 204 g/mol. The summed E-state index contributed by atoms with van der Waals surface area (Å²) in [5, 5.41) is 2.13. The molecule has 0 unspecified atom stereocenters. The molecule has 1 aliphatic rings. The maximum absolute atomic E-state index is 5.29. The fourth-order valence-corrected chi connectivity index (χ4v) is 1.69. The van der Waals surface area contributed by atoms with Gasteiger partial charge in [0.1, 0.15) is 12.1 Å². The van der Waals surface area contributed by atoms with Crippen molar-refractivity contribution >= 4 is 5.82 Å². The lowest BCUT2D eigenvalue weighted by Gasteiger charge is -2.27. The summed E-state index contributed by atoms with van der Waals surface area (Å²) < 4.78 is 5.29. The Kier molecular flexibility index (Phi) is 4.07. The fraction of sp³-hybridized carbons (Fsp3) is 0.636. The number of anilines is 1. The minimum absolute atomic E-state index is 0.778. The van der Waals surface area contributed by atoms with Crippen molar-refractivity contribution in [2.75, 3.05) is 31.7 Å². The van der Waals surface area contributed by atoms with Crippen LogP contribution in [-0.2, 0) is 11.2 Å². The number of hydrogen-bond acceptors (Lipinski definition) is 5. The van der Waals surface area contributed by atoms with Crippen LogP contribution in [0, 0.1) is 0 Å². The van der Waals surface area contributed by atoms with E-state index in [0.29, 0.717) is 0 Å². The molecule has 1 aromatic rings. The molecule has 0 aromatic carbocycles. The zero-order chi connectivity index (χ0) is 11.2. The van der Waals surface area contributed by atoms with Gasteiger partial charge in [-0.25, -0.2) is 15.0 Å². The summed E-state index contributed by atoms with van der Waals surface area (Å²) in [6, 6.07) is 2.01. The predicted octanol–water partition coefficient (Wildman–Crippen LogP) is 1.09. The molecule has 0 atom stereocenters. The lowest BCUT2D eigenvalue weighted by Crippen LogP contribution is -2.40. The fourth-order valence-electron chi connectivity index (χ4n) is 1.69. The van der Waals surface area contributed by atoms with Crippen LogP contribution in [0.4, 0.5) is 5.82 Å². The van der Waals surface area contributed by atoms with Gasteiger partial charge in [0.2, 0.25) is 0 Å². The number of hydrazine groups is 1. The summed E-state index contributed by atoms with van der Waals surface area (Å²) in [4.78, 5) is 8.44. The average Bonchev–Trinajstić information content (AvgIpc) is 2.31. The molecule has 0 radical (unpaired) electrons. The van der Waals surface area contributed by atoms with Gasteiger partial charge in [-0.3, -0.25) is 0 Å². The van der Waals surface area contributed by atoms with Crippen LogP contribution in [0.3, 0.4) is 0 Å². The molecule has 2 heterocycles. The van der Waals surface area contributed by atoms with Gasteiger partial charge in [0.25, 0.3) is 0 Å². The number of rotatable bonds is 4. The van der Waals surface area contributed by atoms with Crippen LogP contribution >= 0.6 is 0 Å². The smallest absolute Gasteiger partial charge is 0.143 e. The standard InChI is InChI=1S/C11H18N4O/c1-2-3-10-8-11(13-9-12-10)14-15-4-6-16-7-5-15/h8-9H,2-7H2,1H3,(H,12,13,14). The molecule has 1 N–H and O–H groups in total. The highest BCUT2D eigenvalue weighted by Gasteiger charge is 2.10. The summed E-state index contributed by atoms with van der Waals surface area (Å²) in [6.07, 6.45) is 3.72. The van der Waals surface area contributed by atoms with Crippen LogP contribution in [0.2, 0.25) is 0 Å². The van der Waals surface area contributed by atoms with E-state index >= 15 is 0 Å². The molecule has 1 fully saturated rings. The van der Waals surface area contributed by atoms with Gasteiger partial charge < -0.3 is 10.2 Å². The van der Waals surface area contributed by atoms with Crippen molar-refractivity contribution in [2.45, 2.75) is 19.8 Å². The molecule has 0 spiro atoms. The topological polar surface area (TPSA) is 50.3 Å². The summed E-state index contributed by atoms with van der Waals surface area (Å²) >= 11 is 0. The van der Waals surface area contributed by atoms with E-state index in [9.17, 15) is 0 Å². The van der Waals surface area contributed by atoms with Crippen molar-refractivity contribution in [1.82, 2.24) is 15.0 Å². The Hall–Kier alpha value is -1.20. The molecule has 1 saturated heterocycles. The molecule has 1 aliphatic heterocycles. The summed E-state index contributed by atoms with van der Waals surface area (Å²) in [7, 11) is 0.